The zero-order valence-electron chi connectivity index (χ0n) is 11.0. The van der Waals surface area contributed by atoms with Crippen molar-refractivity contribution < 1.29 is 14.3 Å². The summed E-state index contributed by atoms with van der Waals surface area (Å²) in [5.74, 6) is -0.565. The highest BCUT2D eigenvalue weighted by Gasteiger charge is 2.49. The van der Waals surface area contributed by atoms with Crippen LogP contribution in [0.5, 0.6) is 0 Å². The molecule has 0 radical (unpaired) electrons. The number of carbonyl (C=O) groups is 2. The highest BCUT2D eigenvalue weighted by Crippen LogP contribution is 2.53. The van der Waals surface area contributed by atoms with E-state index in [0.29, 0.717) is 15.6 Å². The van der Waals surface area contributed by atoms with Crippen molar-refractivity contribution in [1.29, 1.82) is 0 Å². The first-order valence-corrected chi connectivity index (χ1v) is 8.23. The van der Waals surface area contributed by atoms with Gasteiger partial charge in [-0.25, -0.2) is 4.79 Å². The van der Waals surface area contributed by atoms with E-state index in [0.717, 1.165) is 5.69 Å². The molecular weight excluding hydrogens is 458 g/mol. The first-order valence-electron chi connectivity index (χ1n) is 5.85. The average Bonchev–Trinajstić information content (AvgIpc) is 2.58. The largest absolute Gasteiger partial charge is 0.465 e. The minimum absolute atomic E-state index is 0.00139. The highest BCUT2D eigenvalue weighted by molar-refractivity contribution is 9.25. The van der Waals surface area contributed by atoms with Crippen LogP contribution >= 0.6 is 47.8 Å². The molecule has 1 aromatic rings. The second-order valence-corrected chi connectivity index (χ2v) is 8.99. The highest BCUT2D eigenvalue weighted by atomic mass is 79.9. The number of amides is 1. The maximum Gasteiger partial charge on any atom is 0.337 e. The van der Waals surface area contributed by atoms with Gasteiger partial charge in [-0.3, -0.25) is 4.79 Å². The lowest BCUT2D eigenvalue weighted by Crippen LogP contribution is -2.38. The summed E-state index contributed by atoms with van der Waals surface area (Å²) < 4.78 is 4.39. The molecule has 0 saturated carbocycles. The molecule has 0 aliphatic carbocycles. The molecule has 0 saturated heterocycles. The number of hydrogen-bond donors (Lipinski definition) is 0. The number of carbonyl (C=O) groups excluding carboxylic acids is 2. The van der Waals surface area contributed by atoms with Crippen LogP contribution in [0.2, 0.25) is 0 Å². The van der Waals surface area contributed by atoms with Crippen LogP contribution < -0.4 is 4.90 Å². The number of halogens is 3. The zero-order chi connectivity index (χ0) is 15.2. The topological polar surface area (TPSA) is 46.6 Å². The fourth-order valence-electron chi connectivity index (χ4n) is 2.18. The summed E-state index contributed by atoms with van der Waals surface area (Å²) in [7, 11) is 1.32. The third-order valence-electron chi connectivity index (χ3n) is 3.07. The van der Waals surface area contributed by atoms with Gasteiger partial charge in [-0.2, -0.15) is 0 Å². The van der Waals surface area contributed by atoms with E-state index in [1.54, 1.807) is 17.0 Å². The van der Waals surface area contributed by atoms with Gasteiger partial charge in [-0.05, 0) is 41.9 Å². The Morgan fingerprint density at radius 3 is 2.45 bits per heavy atom. The van der Waals surface area contributed by atoms with Crippen molar-refractivity contribution in [2.45, 2.75) is 23.1 Å². The van der Waals surface area contributed by atoms with Crippen molar-refractivity contribution >= 4 is 65.4 Å². The molecule has 0 spiro atoms. The number of benzene rings is 1. The quantitative estimate of drug-likeness (QED) is 0.487. The van der Waals surface area contributed by atoms with Gasteiger partial charge in [-0.1, -0.05) is 31.9 Å². The summed E-state index contributed by atoms with van der Waals surface area (Å²) in [5, 5.41) is 0. The summed E-state index contributed by atoms with van der Waals surface area (Å²) in [6.07, 6.45) is 0. The fourth-order valence-corrected chi connectivity index (χ4v) is 3.82. The maximum absolute atomic E-state index is 12.5. The third kappa shape index (κ3) is 2.33. The van der Waals surface area contributed by atoms with E-state index in [2.05, 4.69) is 47.8 Å². The van der Waals surface area contributed by atoms with Crippen LogP contribution in [0.15, 0.2) is 16.6 Å². The first kappa shape index (κ1) is 16.0. The summed E-state index contributed by atoms with van der Waals surface area (Å²) in [6.45, 7) is 3.87. The Labute approximate surface area is 142 Å². The summed E-state index contributed by atoms with van der Waals surface area (Å²) in [6, 6.07) is 3.32. The van der Waals surface area contributed by atoms with Crippen LogP contribution in [0.4, 0.5) is 5.69 Å². The fraction of sp³-hybridized carbons (Fsp3) is 0.385. The summed E-state index contributed by atoms with van der Waals surface area (Å²) >= 11 is 10.3. The molecule has 1 heterocycles. The van der Waals surface area contributed by atoms with E-state index >= 15 is 0 Å². The molecule has 1 aromatic carbocycles. The van der Waals surface area contributed by atoms with Gasteiger partial charge >= 0.3 is 5.97 Å². The molecule has 0 aromatic heterocycles. The van der Waals surface area contributed by atoms with E-state index in [-0.39, 0.29) is 11.9 Å². The van der Waals surface area contributed by atoms with E-state index in [9.17, 15) is 9.59 Å². The lowest BCUT2D eigenvalue weighted by Gasteiger charge is -2.23. The van der Waals surface area contributed by atoms with E-state index in [1.165, 1.54) is 7.11 Å². The van der Waals surface area contributed by atoms with Gasteiger partial charge in [0.25, 0.3) is 5.91 Å². The average molecular weight is 470 g/mol. The van der Waals surface area contributed by atoms with Crippen molar-refractivity contribution in [3.63, 3.8) is 0 Å². The Hall–Kier alpha value is -0.400. The molecule has 0 N–H and O–H groups in total. The molecule has 108 valence electrons. The predicted octanol–water partition coefficient (Wildman–Crippen LogP) is 3.93. The lowest BCUT2D eigenvalue weighted by molar-refractivity contribution is -0.118. The van der Waals surface area contributed by atoms with Crippen molar-refractivity contribution in [2.75, 3.05) is 12.0 Å². The van der Waals surface area contributed by atoms with Gasteiger partial charge in [0.2, 0.25) is 0 Å². The number of hydrogen-bond acceptors (Lipinski definition) is 3. The van der Waals surface area contributed by atoms with Crippen molar-refractivity contribution in [3.05, 3.63) is 27.7 Å². The van der Waals surface area contributed by atoms with Crippen molar-refractivity contribution in [2.24, 2.45) is 0 Å². The molecule has 1 amide bonds. The third-order valence-corrected chi connectivity index (χ3v) is 5.20. The number of rotatable bonds is 2. The molecular formula is C13H12Br3NO3. The Morgan fingerprint density at radius 1 is 1.35 bits per heavy atom. The molecule has 4 nitrogen and oxygen atoms in total. The van der Waals surface area contributed by atoms with Gasteiger partial charge in [0.1, 0.15) is 0 Å². The zero-order valence-corrected chi connectivity index (χ0v) is 15.8. The van der Waals surface area contributed by atoms with Crippen LogP contribution in [0.25, 0.3) is 0 Å². The molecule has 1 aliphatic rings. The van der Waals surface area contributed by atoms with E-state index < -0.39 is 9.20 Å². The molecule has 1 aliphatic heterocycles. The Bertz CT molecular complexity index is 599. The second kappa shape index (κ2) is 5.42. The Balaban J connectivity index is 2.71. The molecule has 2 rings (SSSR count). The van der Waals surface area contributed by atoms with Crippen LogP contribution in [-0.4, -0.2) is 25.0 Å². The van der Waals surface area contributed by atoms with Gasteiger partial charge in [0.15, 0.2) is 3.23 Å². The predicted molar refractivity (Wildman–Crippen MR) is 87.6 cm³/mol. The maximum atomic E-state index is 12.5. The van der Waals surface area contributed by atoms with Gasteiger partial charge < -0.3 is 9.64 Å². The molecule has 7 heteroatoms. The van der Waals surface area contributed by atoms with Gasteiger partial charge in [0, 0.05) is 16.1 Å². The van der Waals surface area contributed by atoms with E-state index in [1.807, 2.05) is 13.8 Å². The summed E-state index contributed by atoms with van der Waals surface area (Å²) in [4.78, 5) is 25.9. The molecule has 0 unspecified atom stereocenters. The number of nitrogens with zero attached hydrogens (tertiary/aromatic N) is 1. The number of alkyl halides is 2. The molecule has 0 fully saturated rings. The number of ether oxygens (including phenoxy) is 1. The minimum atomic E-state index is -1.02. The first-order chi connectivity index (χ1) is 9.21. The van der Waals surface area contributed by atoms with Crippen LogP contribution in [0, 0.1) is 0 Å². The monoisotopic (exact) mass is 467 g/mol. The minimum Gasteiger partial charge on any atom is -0.465 e. The smallest absolute Gasteiger partial charge is 0.337 e. The van der Waals surface area contributed by atoms with E-state index in [4.69, 9.17) is 4.74 Å². The lowest BCUT2D eigenvalue weighted by atomic mass is 10.1. The van der Waals surface area contributed by atoms with Gasteiger partial charge in [0.05, 0.1) is 18.4 Å². The molecule has 0 atom stereocenters. The standard InChI is InChI=1S/C13H12Br3NO3/c1-6(2)17-10-8(13(15,16)12(17)19)4-7(5-9(10)14)11(18)20-3/h4-6H,1-3H3. The SMILES string of the molecule is COC(=O)c1cc(Br)c2c(c1)C(Br)(Br)C(=O)N2C(C)C. The Morgan fingerprint density at radius 2 is 1.95 bits per heavy atom. The second-order valence-electron chi connectivity index (χ2n) is 4.69. The van der Waals surface area contributed by atoms with Crippen LogP contribution in [0.3, 0.4) is 0 Å². The van der Waals surface area contributed by atoms with Gasteiger partial charge in [-0.15, -0.1) is 0 Å². The van der Waals surface area contributed by atoms with Crippen molar-refractivity contribution in [1.82, 2.24) is 0 Å². The Kier molecular flexibility index (Phi) is 4.33. The number of fused-ring (bicyclic) bond motifs is 1. The van der Waals surface area contributed by atoms with Crippen LogP contribution in [0.1, 0.15) is 29.8 Å². The number of esters is 1. The normalized spacial score (nSPS) is 16.6. The summed E-state index contributed by atoms with van der Waals surface area (Å²) in [5.41, 5.74) is 1.83. The van der Waals surface area contributed by atoms with Crippen LogP contribution in [-0.2, 0) is 12.8 Å². The molecule has 20 heavy (non-hydrogen) atoms. The number of methoxy groups -OCH3 is 1. The number of anilines is 1. The van der Waals surface area contributed by atoms with Crippen molar-refractivity contribution in [3.8, 4) is 0 Å². The molecule has 0 bridgehead atoms.